The second-order valence-corrected chi connectivity index (χ2v) is 12.9. The van der Waals surface area contributed by atoms with Gasteiger partial charge in [0.05, 0.1) is 10.2 Å². The molecule has 0 aliphatic rings. The fourth-order valence-electron chi connectivity index (χ4n) is 5.72. The third kappa shape index (κ3) is 4.35. The van der Waals surface area contributed by atoms with Crippen LogP contribution in [0.1, 0.15) is 0 Å². The Hall–Kier alpha value is -5.30. The van der Waals surface area contributed by atoms with Crippen LogP contribution in [-0.2, 0) is 0 Å². The minimum Gasteiger partial charge on any atom is -0.236 e. The van der Waals surface area contributed by atoms with Crippen LogP contribution in [0.25, 0.3) is 85.9 Å². The fraction of sp³-hybridized carbons (Fsp3) is 0. The molecule has 44 heavy (non-hydrogen) atoms. The third-order valence-electron chi connectivity index (χ3n) is 7.94. The fourth-order valence-corrected chi connectivity index (χ4v) is 7.95. The van der Waals surface area contributed by atoms with Gasteiger partial charge in [0, 0.05) is 42.4 Å². The van der Waals surface area contributed by atoms with Crippen molar-refractivity contribution in [2.75, 3.05) is 0 Å². The molecule has 4 nitrogen and oxygen atoms in total. The molecule has 0 saturated heterocycles. The molecule has 0 bridgehead atoms. The van der Waals surface area contributed by atoms with Gasteiger partial charge in [0.25, 0.3) is 0 Å². The molecule has 0 fully saturated rings. The average Bonchev–Trinajstić information content (AvgIpc) is 3.67. The van der Waals surface area contributed by atoms with Gasteiger partial charge >= 0.3 is 0 Å². The number of aromatic nitrogens is 4. The molecule has 0 N–H and O–H groups in total. The number of benzene rings is 6. The molecular weight excluding hydrogens is 577 g/mol. The first-order chi connectivity index (χ1) is 21.7. The van der Waals surface area contributed by atoms with Gasteiger partial charge in [-0.1, -0.05) is 109 Å². The molecule has 0 unspecified atom stereocenters. The summed E-state index contributed by atoms with van der Waals surface area (Å²) >= 11 is 3.54. The summed E-state index contributed by atoms with van der Waals surface area (Å²) in [6, 6.07) is 46.3. The quantitative estimate of drug-likeness (QED) is 0.202. The molecule has 0 spiro atoms. The molecule has 0 radical (unpaired) electrons. The highest BCUT2D eigenvalue weighted by molar-refractivity contribution is 7.26. The Balaban J connectivity index is 1.17. The van der Waals surface area contributed by atoms with Crippen molar-refractivity contribution >= 4 is 63.8 Å². The molecule has 3 heterocycles. The first kappa shape index (κ1) is 25.2. The zero-order chi connectivity index (χ0) is 29.0. The lowest BCUT2D eigenvalue weighted by Crippen LogP contribution is -2.00. The maximum atomic E-state index is 5.02. The van der Waals surface area contributed by atoms with E-state index >= 15 is 0 Å². The summed E-state index contributed by atoms with van der Waals surface area (Å²) in [6.45, 7) is 0. The lowest BCUT2D eigenvalue weighted by atomic mass is 10.1. The normalized spacial score (nSPS) is 11.6. The van der Waals surface area contributed by atoms with Gasteiger partial charge in [-0.3, -0.25) is 0 Å². The first-order valence-electron chi connectivity index (χ1n) is 14.4. The number of hydrogen-bond acceptors (Lipinski definition) is 6. The lowest BCUT2D eigenvalue weighted by Gasteiger charge is -2.09. The van der Waals surface area contributed by atoms with Crippen LogP contribution in [0.4, 0.5) is 0 Å². The van der Waals surface area contributed by atoms with E-state index in [0.29, 0.717) is 17.5 Å². The van der Waals surface area contributed by atoms with Gasteiger partial charge in [0.15, 0.2) is 17.5 Å². The molecule has 0 amide bonds. The van der Waals surface area contributed by atoms with Gasteiger partial charge in [-0.2, -0.15) is 0 Å². The summed E-state index contributed by atoms with van der Waals surface area (Å²) in [4.78, 5) is 19.9. The van der Waals surface area contributed by atoms with Crippen molar-refractivity contribution in [3.63, 3.8) is 0 Å². The Morgan fingerprint density at radius 1 is 0.364 bits per heavy atom. The number of fused-ring (bicyclic) bond motifs is 5. The van der Waals surface area contributed by atoms with Crippen LogP contribution in [0.5, 0.6) is 0 Å². The molecular formula is C38H22N4S2. The van der Waals surface area contributed by atoms with Crippen LogP contribution in [0, 0.1) is 0 Å². The third-order valence-corrected chi connectivity index (χ3v) is 10.1. The van der Waals surface area contributed by atoms with Gasteiger partial charge in [-0.15, -0.1) is 22.7 Å². The summed E-state index contributed by atoms with van der Waals surface area (Å²) in [5, 5.41) is 5.85. The number of thiazole rings is 1. The molecule has 0 saturated carbocycles. The highest BCUT2D eigenvalue weighted by Crippen LogP contribution is 2.40. The highest BCUT2D eigenvalue weighted by atomic mass is 32.1. The molecule has 0 aliphatic heterocycles. The Labute approximate surface area is 261 Å². The van der Waals surface area contributed by atoms with Crippen molar-refractivity contribution in [2.24, 2.45) is 0 Å². The average molecular weight is 599 g/mol. The van der Waals surface area contributed by atoms with E-state index in [9.17, 15) is 0 Å². The second kappa shape index (κ2) is 10.2. The minimum atomic E-state index is 0.663. The van der Waals surface area contributed by atoms with E-state index in [2.05, 4.69) is 97.1 Å². The van der Waals surface area contributed by atoms with Gasteiger partial charge in [-0.25, -0.2) is 19.9 Å². The van der Waals surface area contributed by atoms with Crippen molar-refractivity contribution in [1.82, 2.24) is 19.9 Å². The van der Waals surface area contributed by atoms with E-state index in [4.69, 9.17) is 19.9 Å². The largest absolute Gasteiger partial charge is 0.236 e. The van der Waals surface area contributed by atoms with Crippen LogP contribution in [0.15, 0.2) is 133 Å². The predicted molar refractivity (Wildman–Crippen MR) is 185 cm³/mol. The van der Waals surface area contributed by atoms with E-state index in [1.165, 1.54) is 30.3 Å². The van der Waals surface area contributed by atoms with Crippen molar-refractivity contribution in [3.05, 3.63) is 133 Å². The van der Waals surface area contributed by atoms with E-state index < -0.39 is 0 Å². The van der Waals surface area contributed by atoms with Crippen LogP contribution in [-0.4, -0.2) is 19.9 Å². The Bertz CT molecular complexity index is 2500. The zero-order valence-electron chi connectivity index (χ0n) is 23.3. The lowest BCUT2D eigenvalue weighted by molar-refractivity contribution is 1.08. The van der Waals surface area contributed by atoms with Crippen LogP contribution in [0.3, 0.4) is 0 Å². The first-order valence-corrected chi connectivity index (χ1v) is 16.0. The van der Waals surface area contributed by atoms with Gasteiger partial charge < -0.3 is 0 Å². The summed E-state index contributed by atoms with van der Waals surface area (Å²) in [5.74, 6) is 1.99. The molecule has 206 valence electrons. The number of nitrogens with zero attached hydrogens (tertiary/aromatic N) is 4. The van der Waals surface area contributed by atoms with Gasteiger partial charge in [-0.05, 0) is 35.0 Å². The second-order valence-electron chi connectivity index (χ2n) is 10.7. The van der Waals surface area contributed by atoms with Crippen molar-refractivity contribution in [3.8, 4) is 44.7 Å². The molecule has 6 heteroatoms. The minimum absolute atomic E-state index is 0.663. The van der Waals surface area contributed by atoms with Crippen molar-refractivity contribution in [1.29, 1.82) is 0 Å². The monoisotopic (exact) mass is 598 g/mol. The topological polar surface area (TPSA) is 51.6 Å². The van der Waals surface area contributed by atoms with Crippen molar-refractivity contribution < 1.29 is 0 Å². The zero-order valence-corrected chi connectivity index (χ0v) is 24.9. The van der Waals surface area contributed by atoms with Gasteiger partial charge in [0.2, 0.25) is 0 Å². The maximum absolute atomic E-state index is 5.02. The van der Waals surface area contributed by atoms with Crippen LogP contribution in [0.2, 0.25) is 0 Å². The summed E-state index contributed by atoms with van der Waals surface area (Å²) in [6.07, 6.45) is 0. The van der Waals surface area contributed by atoms with Crippen LogP contribution < -0.4 is 0 Å². The van der Waals surface area contributed by atoms with E-state index in [1.807, 2.05) is 36.4 Å². The summed E-state index contributed by atoms with van der Waals surface area (Å²) < 4.78 is 3.66. The van der Waals surface area contributed by atoms with Crippen molar-refractivity contribution in [2.45, 2.75) is 0 Å². The van der Waals surface area contributed by atoms with E-state index in [0.717, 1.165) is 38.2 Å². The molecule has 0 atom stereocenters. The standard InChI is InChI=1S/C38H22N4S2/c1-3-10-24(11-4-1)35-40-36(27-16-15-23-9-7-8-14-26(23)19-27)42-37(41-35)28-17-18-29-30-21-31-34(22-33(30)43-32(29)20-28)44-38(39-31)25-12-5-2-6-13-25/h1-22H. The maximum Gasteiger partial charge on any atom is 0.164 e. The van der Waals surface area contributed by atoms with E-state index in [1.54, 1.807) is 22.7 Å². The Kier molecular flexibility index (Phi) is 5.82. The number of thiophene rings is 1. The molecule has 3 aromatic heterocycles. The smallest absolute Gasteiger partial charge is 0.164 e. The molecule has 6 aromatic carbocycles. The molecule has 9 aromatic rings. The Morgan fingerprint density at radius 3 is 1.75 bits per heavy atom. The molecule has 9 rings (SSSR count). The summed E-state index contributed by atoms with van der Waals surface area (Å²) in [7, 11) is 0. The Morgan fingerprint density at radius 2 is 0.977 bits per heavy atom. The molecule has 0 aliphatic carbocycles. The number of rotatable bonds is 4. The van der Waals surface area contributed by atoms with E-state index in [-0.39, 0.29) is 0 Å². The van der Waals surface area contributed by atoms with Gasteiger partial charge in [0.1, 0.15) is 5.01 Å². The number of hydrogen-bond donors (Lipinski definition) is 0. The predicted octanol–water partition coefficient (Wildman–Crippen LogP) is 10.7. The highest BCUT2D eigenvalue weighted by Gasteiger charge is 2.16. The summed E-state index contributed by atoms with van der Waals surface area (Å²) in [5.41, 5.74) is 5.09. The SMILES string of the molecule is c1ccc(-c2nc(-c3ccc4ccccc4c3)nc(-c3ccc4c(c3)sc3cc5sc(-c6ccccc6)nc5cc34)n2)cc1. The van der Waals surface area contributed by atoms with Crippen LogP contribution >= 0.6 is 22.7 Å².